The van der Waals surface area contributed by atoms with Crippen LogP contribution >= 0.6 is 15.9 Å². The van der Waals surface area contributed by atoms with Gasteiger partial charge in [0.25, 0.3) is 0 Å². The molecule has 1 N–H and O–H groups in total. The number of nitrogens with zero attached hydrogens (tertiary/aromatic N) is 1. The van der Waals surface area contributed by atoms with Gasteiger partial charge < -0.3 is 5.32 Å². The molecule has 1 heterocycles. The van der Waals surface area contributed by atoms with Crippen LogP contribution in [0.3, 0.4) is 0 Å². The number of nitrogens with one attached hydrogen (secondary N) is 1. The Hall–Kier alpha value is -0.520. The Morgan fingerprint density at radius 3 is 2.85 bits per heavy atom. The van der Waals surface area contributed by atoms with Crippen molar-refractivity contribution in [1.29, 1.82) is 0 Å². The maximum Gasteiger partial charge on any atom is 0.144 e. The molecule has 0 aliphatic carbocycles. The van der Waals surface area contributed by atoms with Crippen molar-refractivity contribution in [1.82, 2.24) is 10.2 Å². The fourth-order valence-electron chi connectivity index (χ4n) is 2.74. The SMILES string of the molecule is CCCN(Cc1c(F)ccc(Br)c1F)C1CCCNC1. The van der Waals surface area contributed by atoms with Crippen molar-refractivity contribution in [2.75, 3.05) is 19.6 Å². The number of piperidine rings is 1. The molecule has 0 saturated carbocycles. The summed E-state index contributed by atoms with van der Waals surface area (Å²) in [5, 5.41) is 3.36. The second-order valence-electron chi connectivity index (χ2n) is 5.29. The molecule has 2 rings (SSSR count). The molecule has 1 aromatic rings. The fourth-order valence-corrected chi connectivity index (χ4v) is 3.11. The minimum atomic E-state index is -0.477. The molecule has 1 aliphatic rings. The Labute approximate surface area is 127 Å². The van der Waals surface area contributed by atoms with Crippen LogP contribution in [0.4, 0.5) is 8.78 Å². The van der Waals surface area contributed by atoms with Gasteiger partial charge in [-0.15, -0.1) is 0 Å². The van der Waals surface area contributed by atoms with E-state index in [1.54, 1.807) is 0 Å². The highest BCUT2D eigenvalue weighted by atomic mass is 79.9. The first-order chi connectivity index (χ1) is 9.63. The molecule has 1 fully saturated rings. The highest BCUT2D eigenvalue weighted by Gasteiger charge is 2.23. The quantitative estimate of drug-likeness (QED) is 0.818. The molecule has 0 aromatic heterocycles. The van der Waals surface area contributed by atoms with Gasteiger partial charge in [-0.1, -0.05) is 6.92 Å². The maximum absolute atomic E-state index is 14.1. The molecule has 1 saturated heterocycles. The molecule has 0 spiro atoms. The number of hydrogen-bond donors (Lipinski definition) is 1. The number of halogens is 3. The lowest BCUT2D eigenvalue weighted by molar-refractivity contribution is 0.154. The summed E-state index contributed by atoms with van der Waals surface area (Å²) in [7, 11) is 0. The van der Waals surface area contributed by atoms with Crippen LogP contribution in [0.25, 0.3) is 0 Å². The lowest BCUT2D eigenvalue weighted by atomic mass is 10.0. The summed E-state index contributed by atoms with van der Waals surface area (Å²) < 4.78 is 28.3. The Morgan fingerprint density at radius 2 is 2.20 bits per heavy atom. The zero-order valence-corrected chi connectivity index (χ0v) is 13.3. The summed E-state index contributed by atoms with van der Waals surface area (Å²) in [5.41, 5.74) is 0.165. The maximum atomic E-state index is 14.1. The molecule has 1 aromatic carbocycles. The summed E-state index contributed by atoms with van der Waals surface area (Å²) in [6.45, 7) is 5.22. The van der Waals surface area contributed by atoms with Crippen molar-refractivity contribution in [3.8, 4) is 0 Å². The smallest absolute Gasteiger partial charge is 0.144 e. The molecule has 20 heavy (non-hydrogen) atoms. The Kier molecular flexibility index (Phi) is 5.93. The van der Waals surface area contributed by atoms with Crippen molar-refractivity contribution >= 4 is 15.9 Å². The average molecular weight is 347 g/mol. The topological polar surface area (TPSA) is 15.3 Å². The third-order valence-corrected chi connectivity index (χ3v) is 4.41. The summed E-state index contributed by atoms with van der Waals surface area (Å²) in [6.07, 6.45) is 3.19. The van der Waals surface area contributed by atoms with Gasteiger partial charge in [-0.05, 0) is 60.4 Å². The van der Waals surface area contributed by atoms with Gasteiger partial charge in [-0.3, -0.25) is 4.90 Å². The number of hydrogen-bond acceptors (Lipinski definition) is 2. The molecule has 112 valence electrons. The zero-order chi connectivity index (χ0) is 14.5. The Bertz CT molecular complexity index is 448. The molecule has 2 nitrogen and oxygen atoms in total. The predicted molar refractivity (Wildman–Crippen MR) is 80.7 cm³/mol. The normalized spacial score (nSPS) is 19.6. The molecule has 5 heteroatoms. The lowest BCUT2D eigenvalue weighted by Gasteiger charge is -2.34. The lowest BCUT2D eigenvalue weighted by Crippen LogP contribution is -2.46. The van der Waals surface area contributed by atoms with E-state index in [2.05, 4.69) is 33.1 Å². The van der Waals surface area contributed by atoms with Gasteiger partial charge >= 0.3 is 0 Å². The Balaban J connectivity index is 2.17. The zero-order valence-electron chi connectivity index (χ0n) is 11.8. The van der Waals surface area contributed by atoms with E-state index in [-0.39, 0.29) is 5.56 Å². The van der Waals surface area contributed by atoms with Crippen LogP contribution in [-0.2, 0) is 6.54 Å². The van der Waals surface area contributed by atoms with Crippen LogP contribution in [0.1, 0.15) is 31.7 Å². The molecular weight excluding hydrogens is 326 g/mol. The van der Waals surface area contributed by atoms with E-state index in [1.807, 2.05) is 0 Å². The van der Waals surface area contributed by atoms with Crippen LogP contribution in [0.2, 0.25) is 0 Å². The van der Waals surface area contributed by atoms with Crippen LogP contribution in [0.15, 0.2) is 16.6 Å². The highest BCUT2D eigenvalue weighted by Crippen LogP contribution is 2.24. The summed E-state index contributed by atoms with van der Waals surface area (Å²) in [5.74, 6) is -0.939. The van der Waals surface area contributed by atoms with Crippen LogP contribution < -0.4 is 5.32 Å². The third kappa shape index (κ3) is 3.77. The molecule has 1 aliphatic heterocycles. The van der Waals surface area contributed by atoms with Crippen molar-refractivity contribution in [2.24, 2.45) is 0 Å². The van der Waals surface area contributed by atoms with Gasteiger partial charge in [0, 0.05) is 24.7 Å². The van der Waals surface area contributed by atoms with Crippen molar-refractivity contribution in [3.05, 3.63) is 33.8 Å². The van der Waals surface area contributed by atoms with E-state index >= 15 is 0 Å². The second kappa shape index (κ2) is 7.48. The van der Waals surface area contributed by atoms with Gasteiger partial charge in [0.05, 0.1) is 4.47 Å². The van der Waals surface area contributed by atoms with Gasteiger partial charge in [-0.25, -0.2) is 8.78 Å². The van der Waals surface area contributed by atoms with E-state index in [9.17, 15) is 8.78 Å². The largest absolute Gasteiger partial charge is 0.315 e. The first kappa shape index (κ1) is 15.9. The van der Waals surface area contributed by atoms with Crippen molar-refractivity contribution in [2.45, 2.75) is 38.8 Å². The summed E-state index contributed by atoms with van der Waals surface area (Å²) in [6, 6.07) is 3.10. The first-order valence-corrected chi connectivity index (χ1v) is 8.00. The van der Waals surface area contributed by atoms with E-state index in [0.29, 0.717) is 17.1 Å². The molecule has 0 radical (unpaired) electrons. The fraction of sp³-hybridized carbons (Fsp3) is 0.600. The monoisotopic (exact) mass is 346 g/mol. The number of benzene rings is 1. The molecular formula is C15H21BrF2N2. The van der Waals surface area contributed by atoms with E-state index < -0.39 is 11.6 Å². The molecule has 1 unspecified atom stereocenters. The highest BCUT2D eigenvalue weighted by molar-refractivity contribution is 9.10. The Morgan fingerprint density at radius 1 is 1.40 bits per heavy atom. The second-order valence-corrected chi connectivity index (χ2v) is 6.15. The standard InChI is InChI=1S/C15H21BrF2N2/c1-2-8-20(11-4-3-7-19-9-11)10-12-14(17)6-5-13(16)15(12)18/h5-6,11,19H,2-4,7-10H2,1H3. The third-order valence-electron chi connectivity index (χ3n) is 3.80. The van der Waals surface area contributed by atoms with Crippen molar-refractivity contribution in [3.63, 3.8) is 0 Å². The number of rotatable bonds is 5. The average Bonchev–Trinajstić information content (AvgIpc) is 2.47. The predicted octanol–water partition coefficient (Wildman–Crippen LogP) is 3.69. The first-order valence-electron chi connectivity index (χ1n) is 7.20. The summed E-state index contributed by atoms with van der Waals surface area (Å²) in [4.78, 5) is 2.19. The van der Waals surface area contributed by atoms with Gasteiger partial charge in [0.2, 0.25) is 0 Å². The molecule has 1 atom stereocenters. The minimum Gasteiger partial charge on any atom is -0.315 e. The van der Waals surface area contributed by atoms with E-state index in [1.165, 1.54) is 12.1 Å². The van der Waals surface area contributed by atoms with Crippen LogP contribution in [0.5, 0.6) is 0 Å². The minimum absolute atomic E-state index is 0.165. The van der Waals surface area contributed by atoms with Gasteiger partial charge in [-0.2, -0.15) is 0 Å². The van der Waals surface area contributed by atoms with Crippen LogP contribution in [0, 0.1) is 11.6 Å². The molecule has 0 amide bonds. The van der Waals surface area contributed by atoms with Gasteiger partial charge in [0.1, 0.15) is 11.6 Å². The van der Waals surface area contributed by atoms with Crippen molar-refractivity contribution < 1.29 is 8.78 Å². The van der Waals surface area contributed by atoms with Crippen LogP contribution in [-0.4, -0.2) is 30.6 Å². The van der Waals surface area contributed by atoms with E-state index in [4.69, 9.17) is 0 Å². The summed E-state index contributed by atoms with van der Waals surface area (Å²) >= 11 is 3.13. The van der Waals surface area contributed by atoms with Gasteiger partial charge in [0.15, 0.2) is 0 Å². The van der Waals surface area contributed by atoms with E-state index in [0.717, 1.165) is 38.9 Å². The molecule has 0 bridgehead atoms.